The summed E-state index contributed by atoms with van der Waals surface area (Å²) < 4.78 is 40.9. The molecule has 0 saturated carbocycles. The number of rotatable bonds is 5. The van der Waals surface area contributed by atoms with Crippen LogP contribution in [0.1, 0.15) is 32.7 Å². The summed E-state index contributed by atoms with van der Waals surface area (Å²) in [7, 11) is 0. The van der Waals surface area contributed by atoms with Crippen LogP contribution in [0.25, 0.3) is 0 Å². The topological polar surface area (TPSA) is 80.0 Å². The second-order valence-corrected chi connectivity index (χ2v) is 6.25. The SMILES string of the molecule is Cc1cccc(Cn2cnc(NC(=O)c3cnc(CO)c(C(F)(F)F)c3)c2)c1. The number of hydrogen-bond donors (Lipinski definition) is 2. The number of anilines is 1. The van der Waals surface area contributed by atoms with Crippen LogP contribution in [0.2, 0.25) is 0 Å². The minimum absolute atomic E-state index is 0.206. The molecule has 0 fully saturated rings. The summed E-state index contributed by atoms with van der Waals surface area (Å²) in [6.07, 6.45) is -0.636. The van der Waals surface area contributed by atoms with E-state index in [1.807, 2.05) is 31.2 Å². The summed E-state index contributed by atoms with van der Waals surface area (Å²) in [5.41, 5.74) is 0.205. The number of aryl methyl sites for hydroxylation is 1. The fourth-order valence-electron chi connectivity index (χ4n) is 2.71. The van der Waals surface area contributed by atoms with Crippen molar-refractivity contribution < 1.29 is 23.1 Å². The van der Waals surface area contributed by atoms with Gasteiger partial charge in [0.15, 0.2) is 5.82 Å². The van der Waals surface area contributed by atoms with Crippen LogP contribution >= 0.6 is 0 Å². The number of hydrogen-bond acceptors (Lipinski definition) is 4. The van der Waals surface area contributed by atoms with E-state index in [1.165, 1.54) is 6.33 Å². The number of benzene rings is 1. The third-order valence-corrected chi connectivity index (χ3v) is 4.01. The van der Waals surface area contributed by atoms with Crippen molar-refractivity contribution in [2.75, 3.05) is 5.32 Å². The maximum Gasteiger partial charge on any atom is 0.418 e. The summed E-state index contributed by atoms with van der Waals surface area (Å²) in [5, 5.41) is 11.5. The van der Waals surface area contributed by atoms with Crippen molar-refractivity contribution in [2.45, 2.75) is 26.3 Å². The molecule has 3 aromatic rings. The Morgan fingerprint density at radius 2 is 2.04 bits per heavy atom. The van der Waals surface area contributed by atoms with Crippen molar-refractivity contribution in [3.05, 3.63) is 77.0 Å². The third kappa shape index (κ3) is 4.55. The van der Waals surface area contributed by atoms with Crippen molar-refractivity contribution in [3.63, 3.8) is 0 Å². The van der Waals surface area contributed by atoms with Crippen LogP contribution in [0.4, 0.5) is 19.0 Å². The molecule has 9 heteroatoms. The lowest BCUT2D eigenvalue weighted by atomic mass is 10.1. The minimum atomic E-state index is -4.73. The molecule has 28 heavy (non-hydrogen) atoms. The highest BCUT2D eigenvalue weighted by molar-refractivity contribution is 6.03. The first-order chi connectivity index (χ1) is 13.3. The van der Waals surface area contributed by atoms with Gasteiger partial charge in [0.25, 0.3) is 5.91 Å². The fourth-order valence-corrected chi connectivity index (χ4v) is 2.71. The number of aliphatic hydroxyl groups excluding tert-OH is 1. The van der Waals surface area contributed by atoms with Crippen LogP contribution in [0.3, 0.4) is 0 Å². The summed E-state index contributed by atoms with van der Waals surface area (Å²) in [6, 6.07) is 8.56. The van der Waals surface area contributed by atoms with Crippen LogP contribution in [-0.4, -0.2) is 25.5 Å². The van der Waals surface area contributed by atoms with E-state index in [9.17, 15) is 18.0 Å². The Hall–Kier alpha value is -3.20. The van der Waals surface area contributed by atoms with Crippen molar-refractivity contribution >= 4 is 11.7 Å². The lowest BCUT2D eigenvalue weighted by Crippen LogP contribution is -2.17. The average Bonchev–Trinajstić information content (AvgIpc) is 3.07. The number of halogens is 3. The molecule has 1 amide bonds. The minimum Gasteiger partial charge on any atom is -0.390 e. The number of amides is 1. The van der Waals surface area contributed by atoms with E-state index in [-0.39, 0.29) is 11.4 Å². The molecule has 0 saturated heterocycles. The first kappa shape index (κ1) is 19.6. The number of alkyl halides is 3. The molecule has 0 radical (unpaired) electrons. The van der Waals surface area contributed by atoms with Crippen molar-refractivity contribution in [2.24, 2.45) is 0 Å². The molecule has 0 atom stereocenters. The molecule has 0 aliphatic rings. The second kappa shape index (κ2) is 7.81. The molecule has 2 aromatic heterocycles. The summed E-state index contributed by atoms with van der Waals surface area (Å²) in [5.74, 6) is -0.569. The number of imidazole rings is 1. The highest BCUT2D eigenvalue weighted by atomic mass is 19.4. The molecule has 3 rings (SSSR count). The van der Waals surface area contributed by atoms with Crippen LogP contribution in [0.5, 0.6) is 0 Å². The van der Waals surface area contributed by atoms with E-state index in [0.29, 0.717) is 12.6 Å². The van der Waals surface area contributed by atoms with Crippen molar-refractivity contribution in [1.82, 2.24) is 14.5 Å². The van der Waals surface area contributed by atoms with Crippen LogP contribution in [0, 0.1) is 6.92 Å². The Kier molecular flexibility index (Phi) is 5.46. The number of aromatic nitrogens is 3. The Balaban J connectivity index is 1.74. The maximum atomic E-state index is 13.0. The summed E-state index contributed by atoms with van der Waals surface area (Å²) >= 11 is 0. The highest BCUT2D eigenvalue weighted by Crippen LogP contribution is 2.32. The molecular weight excluding hydrogens is 373 g/mol. The first-order valence-corrected chi connectivity index (χ1v) is 8.32. The van der Waals surface area contributed by atoms with Gasteiger partial charge in [-0.25, -0.2) is 4.98 Å². The molecule has 0 bridgehead atoms. The third-order valence-electron chi connectivity index (χ3n) is 4.01. The van der Waals surface area contributed by atoms with E-state index >= 15 is 0 Å². The predicted octanol–water partition coefficient (Wildman–Crippen LogP) is 3.40. The lowest BCUT2D eigenvalue weighted by Gasteiger charge is -2.12. The summed E-state index contributed by atoms with van der Waals surface area (Å²) in [4.78, 5) is 19.9. The van der Waals surface area contributed by atoms with Gasteiger partial charge in [-0.05, 0) is 18.6 Å². The number of carbonyl (C=O) groups excluding carboxylic acids is 1. The molecule has 0 aliphatic heterocycles. The molecular formula is C19H17F3N4O2. The molecule has 146 valence electrons. The van der Waals surface area contributed by atoms with Gasteiger partial charge in [-0.3, -0.25) is 9.78 Å². The Morgan fingerprint density at radius 1 is 1.25 bits per heavy atom. The highest BCUT2D eigenvalue weighted by Gasteiger charge is 2.34. The number of carbonyl (C=O) groups is 1. The predicted molar refractivity (Wildman–Crippen MR) is 95.6 cm³/mol. The zero-order chi connectivity index (χ0) is 20.3. The van der Waals surface area contributed by atoms with E-state index in [4.69, 9.17) is 5.11 Å². The van der Waals surface area contributed by atoms with Gasteiger partial charge in [-0.2, -0.15) is 13.2 Å². The van der Waals surface area contributed by atoms with Gasteiger partial charge in [0.2, 0.25) is 0 Å². The second-order valence-electron chi connectivity index (χ2n) is 6.25. The van der Waals surface area contributed by atoms with E-state index in [1.54, 1.807) is 10.8 Å². The monoisotopic (exact) mass is 390 g/mol. The van der Waals surface area contributed by atoms with Crippen LogP contribution < -0.4 is 5.32 Å². The van der Waals surface area contributed by atoms with E-state index in [0.717, 1.165) is 17.3 Å². The number of nitrogens with one attached hydrogen (secondary N) is 1. The van der Waals surface area contributed by atoms with Crippen LogP contribution in [-0.2, 0) is 19.3 Å². The number of aliphatic hydroxyl groups is 1. The van der Waals surface area contributed by atoms with Gasteiger partial charge < -0.3 is 15.0 Å². The van der Waals surface area contributed by atoms with Gasteiger partial charge in [0.1, 0.15) is 0 Å². The van der Waals surface area contributed by atoms with Gasteiger partial charge in [-0.15, -0.1) is 0 Å². The molecule has 2 heterocycles. The smallest absolute Gasteiger partial charge is 0.390 e. The van der Waals surface area contributed by atoms with E-state index in [2.05, 4.69) is 15.3 Å². The van der Waals surface area contributed by atoms with Gasteiger partial charge in [0, 0.05) is 18.9 Å². The standard InChI is InChI=1S/C19H17F3N4O2/c1-12-3-2-4-13(5-12)8-26-9-17(24-11-26)25-18(28)14-6-15(19(20,21)22)16(10-27)23-7-14/h2-7,9,11,27H,8,10H2,1H3,(H,25,28). The zero-order valence-corrected chi connectivity index (χ0v) is 14.9. The van der Waals surface area contributed by atoms with Gasteiger partial charge >= 0.3 is 6.18 Å². The fraction of sp³-hybridized carbons (Fsp3) is 0.211. The largest absolute Gasteiger partial charge is 0.418 e. The Bertz CT molecular complexity index is 999. The Labute approximate surface area is 158 Å². The zero-order valence-electron chi connectivity index (χ0n) is 14.9. The molecule has 6 nitrogen and oxygen atoms in total. The number of pyridine rings is 1. The van der Waals surface area contributed by atoms with Crippen LogP contribution in [0.15, 0.2) is 49.1 Å². The number of nitrogens with zero attached hydrogens (tertiary/aromatic N) is 3. The Morgan fingerprint density at radius 3 is 2.71 bits per heavy atom. The summed E-state index contributed by atoms with van der Waals surface area (Å²) in [6.45, 7) is 1.64. The average molecular weight is 390 g/mol. The molecule has 0 spiro atoms. The maximum absolute atomic E-state index is 13.0. The van der Waals surface area contributed by atoms with E-state index < -0.39 is 29.9 Å². The van der Waals surface area contributed by atoms with Gasteiger partial charge in [-0.1, -0.05) is 29.8 Å². The quantitative estimate of drug-likeness (QED) is 0.700. The molecule has 0 aliphatic carbocycles. The lowest BCUT2D eigenvalue weighted by molar-refractivity contribution is -0.139. The molecule has 1 aromatic carbocycles. The molecule has 2 N–H and O–H groups in total. The van der Waals surface area contributed by atoms with Crippen molar-refractivity contribution in [1.29, 1.82) is 0 Å². The van der Waals surface area contributed by atoms with Crippen molar-refractivity contribution in [3.8, 4) is 0 Å². The first-order valence-electron chi connectivity index (χ1n) is 8.32. The van der Waals surface area contributed by atoms with Gasteiger partial charge in [0.05, 0.1) is 29.8 Å². The molecule has 0 unspecified atom stereocenters. The normalized spacial score (nSPS) is 11.5.